The number of aliphatic hydroxyl groups excluding tert-OH is 2. The van der Waals surface area contributed by atoms with E-state index in [0.717, 1.165) is 0 Å². The van der Waals surface area contributed by atoms with Crippen molar-refractivity contribution in [2.24, 2.45) is 0 Å². The molecule has 1 unspecified atom stereocenters. The molecule has 0 spiro atoms. The first-order chi connectivity index (χ1) is 10.2. The highest BCUT2D eigenvalue weighted by Crippen LogP contribution is 2.33. The Bertz CT molecular complexity index is 619. The molecule has 1 aliphatic rings. The second-order valence-electron chi connectivity index (χ2n) is 4.78. The molecule has 3 rings (SSSR count). The third-order valence-corrected chi connectivity index (χ3v) is 3.43. The Labute approximate surface area is 120 Å². The van der Waals surface area contributed by atoms with Crippen LogP contribution in [-0.4, -0.2) is 61.8 Å². The fourth-order valence-electron chi connectivity index (χ4n) is 2.49. The number of ether oxygens (including phenoxy) is 2. The predicted octanol–water partition coefficient (Wildman–Crippen LogP) is -0.934. The lowest BCUT2D eigenvalue weighted by Gasteiger charge is -2.20. The molecule has 4 N–H and O–H groups in total. The van der Waals surface area contributed by atoms with Gasteiger partial charge in [-0.1, -0.05) is 0 Å². The third kappa shape index (κ3) is 2.56. The van der Waals surface area contributed by atoms with Gasteiger partial charge in [0.1, 0.15) is 17.9 Å². The van der Waals surface area contributed by atoms with Crippen LogP contribution in [0.15, 0.2) is 12.7 Å². The summed E-state index contributed by atoms with van der Waals surface area (Å²) in [6.07, 6.45) is 2.35. The third-order valence-electron chi connectivity index (χ3n) is 3.43. The van der Waals surface area contributed by atoms with Crippen molar-refractivity contribution in [3.05, 3.63) is 12.7 Å². The Morgan fingerprint density at radius 1 is 1.38 bits per heavy atom. The van der Waals surface area contributed by atoms with Crippen LogP contribution < -0.4 is 5.73 Å². The van der Waals surface area contributed by atoms with E-state index in [9.17, 15) is 5.11 Å². The predicted molar refractivity (Wildman–Crippen MR) is 72.2 cm³/mol. The van der Waals surface area contributed by atoms with E-state index in [1.54, 1.807) is 10.9 Å². The average Bonchev–Trinajstić information content (AvgIpc) is 3.09. The van der Waals surface area contributed by atoms with Gasteiger partial charge in [0.15, 0.2) is 17.7 Å². The molecule has 1 saturated heterocycles. The van der Waals surface area contributed by atoms with Gasteiger partial charge in [-0.2, -0.15) is 0 Å². The van der Waals surface area contributed by atoms with Crippen LogP contribution in [0.5, 0.6) is 0 Å². The summed E-state index contributed by atoms with van der Waals surface area (Å²) < 4.78 is 13.1. The van der Waals surface area contributed by atoms with E-state index in [1.807, 2.05) is 0 Å². The highest BCUT2D eigenvalue weighted by atomic mass is 16.6. The first kappa shape index (κ1) is 14.1. The quantitative estimate of drug-likeness (QED) is 0.645. The van der Waals surface area contributed by atoms with Crippen molar-refractivity contribution in [3.63, 3.8) is 0 Å². The maximum atomic E-state index is 9.28. The molecule has 0 radical (unpaired) electrons. The van der Waals surface area contributed by atoms with Crippen LogP contribution in [0, 0.1) is 0 Å². The normalized spacial score (nSPS) is 25.7. The minimum atomic E-state index is -0.479. The van der Waals surface area contributed by atoms with Crippen LogP contribution in [-0.2, 0) is 9.47 Å². The fraction of sp³-hybridized carbons (Fsp3) is 0.583. The van der Waals surface area contributed by atoms with Gasteiger partial charge < -0.3 is 25.4 Å². The van der Waals surface area contributed by atoms with Gasteiger partial charge in [-0.15, -0.1) is 0 Å². The number of aromatic nitrogens is 4. The summed E-state index contributed by atoms with van der Waals surface area (Å²) in [6.45, 7) is 0.0263. The van der Waals surface area contributed by atoms with Gasteiger partial charge in [0.2, 0.25) is 0 Å². The van der Waals surface area contributed by atoms with Crippen LogP contribution in [0.2, 0.25) is 0 Å². The second kappa shape index (κ2) is 5.90. The highest BCUT2D eigenvalue weighted by Gasteiger charge is 2.37. The van der Waals surface area contributed by atoms with Gasteiger partial charge >= 0.3 is 0 Å². The summed E-state index contributed by atoms with van der Waals surface area (Å²) in [4.78, 5) is 12.3. The standard InChI is InChI=1S/C12H17N5O4/c13-10-9-11(15-5-14-10)17(6-16-9)12-8(20-2-1-18)3-7(4-19)21-12/h5-8,12,18-19H,1-4H2,(H2,13,14,15)/t7-,8?,12+/m0/s1. The Kier molecular flexibility index (Phi) is 3.97. The fourth-order valence-corrected chi connectivity index (χ4v) is 2.49. The molecule has 114 valence electrons. The molecular weight excluding hydrogens is 278 g/mol. The van der Waals surface area contributed by atoms with E-state index in [4.69, 9.17) is 20.3 Å². The Hall–Kier alpha value is -1.81. The molecule has 2 aromatic heterocycles. The average molecular weight is 295 g/mol. The summed E-state index contributed by atoms with van der Waals surface area (Å²) in [5.41, 5.74) is 6.80. The Morgan fingerprint density at radius 2 is 2.24 bits per heavy atom. The van der Waals surface area contributed by atoms with Crippen molar-refractivity contribution in [1.29, 1.82) is 0 Å². The van der Waals surface area contributed by atoms with E-state index in [0.29, 0.717) is 23.4 Å². The lowest BCUT2D eigenvalue weighted by Crippen LogP contribution is -2.24. The monoisotopic (exact) mass is 295 g/mol. The van der Waals surface area contributed by atoms with E-state index in [-0.39, 0.29) is 32.0 Å². The number of nitrogens with two attached hydrogens (primary N) is 1. The van der Waals surface area contributed by atoms with E-state index in [2.05, 4.69) is 15.0 Å². The molecular formula is C12H17N5O4. The summed E-state index contributed by atoms with van der Waals surface area (Å²) in [7, 11) is 0. The zero-order chi connectivity index (χ0) is 14.8. The zero-order valence-corrected chi connectivity index (χ0v) is 11.3. The molecule has 0 bridgehead atoms. The molecule has 3 atom stereocenters. The van der Waals surface area contributed by atoms with Crippen LogP contribution in [0.4, 0.5) is 5.82 Å². The number of rotatable bonds is 5. The van der Waals surface area contributed by atoms with Gasteiger partial charge in [-0.3, -0.25) is 4.57 Å². The number of aliphatic hydroxyl groups is 2. The zero-order valence-electron chi connectivity index (χ0n) is 11.3. The smallest absolute Gasteiger partial charge is 0.167 e. The minimum Gasteiger partial charge on any atom is -0.394 e. The van der Waals surface area contributed by atoms with Gasteiger partial charge in [0, 0.05) is 6.42 Å². The SMILES string of the molecule is Nc1ncnc2c1ncn2[C@@H]1O[C@H](CO)CC1OCCO. The summed E-state index contributed by atoms with van der Waals surface area (Å²) in [6, 6.07) is 0. The van der Waals surface area contributed by atoms with E-state index in [1.165, 1.54) is 6.33 Å². The summed E-state index contributed by atoms with van der Waals surface area (Å²) in [5.74, 6) is 0.295. The van der Waals surface area contributed by atoms with Crippen molar-refractivity contribution in [3.8, 4) is 0 Å². The maximum Gasteiger partial charge on any atom is 0.167 e. The number of nitrogen functional groups attached to an aromatic ring is 1. The van der Waals surface area contributed by atoms with Gasteiger partial charge in [0.05, 0.1) is 32.3 Å². The molecule has 1 fully saturated rings. The second-order valence-corrected chi connectivity index (χ2v) is 4.78. The number of nitrogens with zero attached hydrogens (tertiary/aromatic N) is 4. The van der Waals surface area contributed by atoms with E-state index < -0.39 is 6.23 Å². The first-order valence-electron chi connectivity index (χ1n) is 6.66. The first-order valence-corrected chi connectivity index (χ1v) is 6.66. The molecule has 1 aliphatic heterocycles. The highest BCUT2D eigenvalue weighted by molar-refractivity contribution is 5.81. The molecule has 3 heterocycles. The maximum absolute atomic E-state index is 9.28. The van der Waals surface area contributed by atoms with Crippen molar-refractivity contribution < 1.29 is 19.7 Å². The molecule has 0 aliphatic carbocycles. The minimum absolute atomic E-state index is 0.0766. The lowest BCUT2D eigenvalue weighted by atomic mass is 10.2. The van der Waals surface area contributed by atoms with E-state index >= 15 is 0 Å². The van der Waals surface area contributed by atoms with Crippen molar-refractivity contribution in [1.82, 2.24) is 19.5 Å². The molecule has 9 nitrogen and oxygen atoms in total. The number of hydrogen-bond acceptors (Lipinski definition) is 8. The number of hydrogen-bond donors (Lipinski definition) is 3. The lowest BCUT2D eigenvalue weighted by molar-refractivity contribution is -0.0731. The molecule has 0 amide bonds. The van der Waals surface area contributed by atoms with Gasteiger partial charge in [-0.05, 0) is 0 Å². The number of fused-ring (bicyclic) bond motifs is 1. The van der Waals surface area contributed by atoms with Crippen molar-refractivity contribution in [2.75, 3.05) is 25.6 Å². The molecule has 2 aromatic rings. The van der Waals surface area contributed by atoms with Crippen LogP contribution >= 0.6 is 0 Å². The van der Waals surface area contributed by atoms with Crippen molar-refractivity contribution in [2.45, 2.75) is 24.9 Å². The largest absolute Gasteiger partial charge is 0.394 e. The Morgan fingerprint density at radius 3 is 3.00 bits per heavy atom. The topological polar surface area (TPSA) is 129 Å². The Balaban J connectivity index is 1.93. The van der Waals surface area contributed by atoms with Gasteiger partial charge in [0.25, 0.3) is 0 Å². The van der Waals surface area contributed by atoms with Crippen LogP contribution in [0.3, 0.4) is 0 Å². The molecule has 9 heteroatoms. The van der Waals surface area contributed by atoms with Gasteiger partial charge in [-0.25, -0.2) is 15.0 Å². The molecule has 21 heavy (non-hydrogen) atoms. The molecule has 0 saturated carbocycles. The summed E-state index contributed by atoms with van der Waals surface area (Å²) in [5, 5.41) is 18.2. The molecule has 0 aromatic carbocycles. The number of imidazole rings is 1. The summed E-state index contributed by atoms with van der Waals surface area (Å²) >= 11 is 0. The van der Waals surface area contributed by atoms with Crippen LogP contribution in [0.25, 0.3) is 11.2 Å². The van der Waals surface area contributed by atoms with Crippen molar-refractivity contribution >= 4 is 17.0 Å². The van der Waals surface area contributed by atoms with Crippen LogP contribution in [0.1, 0.15) is 12.6 Å². The number of anilines is 1.